The van der Waals surface area contributed by atoms with Crippen molar-refractivity contribution in [2.24, 2.45) is 0 Å². The molecule has 0 bridgehead atoms. The van der Waals surface area contributed by atoms with Gasteiger partial charge in [-0.3, -0.25) is 9.69 Å². The van der Waals surface area contributed by atoms with E-state index in [0.717, 1.165) is 17.8 Å². The summed E-state index contributed by atoms with van der Waals surface area (Å²) in [4.78, 5) is 19.2. The number of rotatable bonds is 2. The van der Waals surface area contributed by atoms with Crippen molar-refractivity contribution in [1.82, 2.24) is 15.2 Å². The van der Waals surface area contributed by atoms with Crippen LogP contribution in [0.25, 0.3) is 0 Å². The molecule has 1 aliphatic heterocycles. The second-order valence-electron chi connectivity index (χ2n) is 5.10. The van der Waals surface area contributed by atoms with E-state index < -0.39 is 0 Å². The van der Waals surface area contributed by atoms with Gasteiger partial charge in [-0.25, -0.2) is 4.98 Å². The maximum atomic E-state index is 11.7. The molecule has 7 heteroatoms. The van der Waals surface area contributed by atoms with Crippen LogP contribution in [-0.2, 0) is 11.3 Å². The Bertz CT molecular complexity index is 453. The van der Waals surface area contributed by atoms with Crippen molar-refractivity contribution in [3.63, 3.8) is 0 Å². The zero-order chi connectivity index (χ0) is 12.5. The number of amides is 1. The van der Waals surface area contributed by atoms with E-state index in [1.807, 2.05) is 6.20 Å². The SMILES string of the molecule is Cl.Nc1ncc(CN2CC(=O)NC3CCCCC32)s1. The number of anilines is 1. The van der Waals surface area contributed by atoms with Crippen LogP contribution in [0.4, 0.5) is 5.13 Å². The number of nitrogens with zero attached hydrogens (tertiary/aromatic N) is 2. The molecule has 1 aromatic heterocycles. The quantitative estimate of drug-likeness (QED) is 0.866. The first-order valence-corrected chi connectivity index (χ1v) is 7.27. The number of thiazole rings is 1. The number of piperazine rings is 1. The Balaban J connectivity index is 0.00000133. The molecule has 19 heavy (non-hydrogen) atoms. The zero-order valence-electron chi connectivity index (χ0n) is 10.7. The molecule has 3 N–H and O–H groups in total. The molecular weight excluding hydrogens is 284 g/mol. The normalized spacial score (nSPS) is 27.3. The fourth-order valence-electron chi connectivity index (χ4n) is 3.04. The lowest BCUT2D eigenvalue weighted by Crippen LogP contribution is -2.61. The number of nitrogens with one attached hydrogen (secondary N) is 1. The molecule has 2 heterocycles. The van der Waals surface area contributed by atoms with Gasteiger partial charge >= 0.3 is 0 Å². The second kappa shape index (κ2) is 6.07. The Labute approximate surface area is 123 Å². The molecule has 1 aromatic rings. The van der Waals surface area contributed by atoms with E-state index in [2.05, 4.69) is 15.2 Å². The molecule has 5 nitrogen and oxygen atoms in total. The lowest BCUT2D eigenvalue weighted by atomic mass is 9.87. The van der Waals surface area contributed by atoms with Crippen molar-refractivity contribution in [3.8, 4) is 0 Å². The Morgan fingerprint density at radius 1 is 1.47 bits per heavy atom. The molecule has 1 saturated carbocycles. The summed E-state index contributed by atoms with van der Waals surface area (Å²) in [5.41, 5.74) is 5.65. The first-order chi connectivity index (χ1) is 8.72. The van der Waals surface area contributed by atoms with Crippen LogP contribution in [0.5, 0.6) is 0 Å². The lowest BCUT2D eigenvalue weighted by molar-refractivity contribution is -0.128. The van der Waals surface area contributed by atoms with Crippen LogP contribution >= 0.6 is 23.7 Å². The van der Waals surface area contributed by atoms with Crippen LogP contribution in [0.15, 0.2) is 6.20 Å². The third-order valence-electron chi connectivity index (χ3n) is 3.82. The highest BCUT2D eigenvalue weighted by Gasteiger charge is 2.36. The fourth-order valence-corrected chi connectivity index (χ4v) is 3.75. The number of carbonyl (C=O) groups excluding carboxylic acids is 1. The predicted molar refractivity (Wildman–Crippen MR) is 78.4 cm³/mol. The largest absolute Gasteiger partial charge is 0.375 e. The molecule has 1 aliphatic carbocycles. The fraction of sp³-hybridized carbons (Fsp3) is 0.667. The van der Waals surface area contributed by atoms with Gasteiger partial charge in [-0.05, 0) is 12.8 Å². The summed E-state index contributed by atoms with van der Waals surface area (Å²) < 4.78 is 0. The van der Waals surface area contributed by atoms with Crippen molar-refractivity contribution < 1.29 is 4.79 Å². The Morgan fingerprint density at radius 2 is 2.26 bits per heavy atom. The van der Waals surface area contributed by atoms with Crippen molar-refractivity contribution >= 4 is 34.8 Å². The van der Waals surface area contributed by atoms with Crippen LogP contribution in [0, 0.1) is 0 Å². The zero-order valence-corrected chi connectivity index (χ0v) is 12.3. The van der Waals surface area contributed by atoms with E-state index in [9.17, 15) is 4.79 Å². The van der Waals surface area contributed by atoms with Crippen molar-refractivity contribution in [1.29, 1.82) is 0 Å². The smallest absolute Gasteiger partial charge is 0.234 e. The molecule has 3 rings (SSSR count). The summed E-state index contributed by atoms with van der Waals surface area (Å²) in [5, 5.41) is 3.73. The topological polar surface area (TPSA) is 71.2 Å². The summed E-state index contributed by atoms with van der Waals surface area (Å²) >= 11 is 1.52. The standard InChI is InChI=1S/C12H18N4OS.ClH/c13-12-14-5-8(18-12)6-16-7-11(17)15-9-3-1-2-4-10(9)16;/h5,9-10H,1-4,6-7H2,(H2,13,14)(H,15,17);1H. The molecule has 2 aliphatic rings. The Morgan fingerprint density at radius 3 is 3.00 bits per heavy atom. The van der Waals surface area contributed by atoms with Crippen LogP contribution in [0.3, 0.4) is 0 Å². The summed E-state index contributed by atoms with van der Waals surface area (Å²) in [5.74, 6) is 0.149. The number of aromatic nitrogens is 1. The third-order valence-corrected chi connectivity index (χ3v) is 4.63. The van der Waals surface area contributed by atoms with Crippen LogP contribution in [0.1, 0.15) is 30.6 Å². The predicted octanol–water partition coefficient (Wildman–Crippen LogP) is 1.39. The molecule has 2 atom stereocenters. The van der Waals surface area contributed by atoms with Gasteiger partial charge in [-0.1, -0.05) is 12.8 Å². The van der Waals surface area contributed by atoms with Crippen molar-refractivity contribution in [3.05, 3.63) is 11.1 Å². The molecular formula is C12H19ClN4OS. The summed E-state index contributed by atoms with van der Waals surface area (Å²) in [6.45, 7) is 1.29. The Hall–Kier alpha value is -0.850. The van der Waals surface area contributed by atoms with Gasteiger partial charge in [0.1, 0.15) is 0 Å². The molecule has 0 spiro atoms. The van der Waals surface area contributed by atoms with Gasteiger partial charge in [0.2, 0.25) is 5.91 Å². The number of hydrogen-bond acceptors (Lipinski definition) is 5. The number of halogens is 1. The van der Waals surface area contributed by atoms with E-state index >= 15 is 0 Å². The van der Waals surface area contributed by atoms with Crippen LogP contribution < -0.4 is 11.1 Å². The van der Waals surface area contributed by atoms with Gasteiger partial charge in [-0.2, -0.15) is 0 Å². The highest BCUT2D eigenvalue weighted by Crippen LogP contribution is 2.28. The Kier molecular flexibility index (Phi) is 4.65. The molecule has 2 unspecified atom stereocenters. The molecule has 106 valence electrons. The average molecular weight is 303 g/mol. The van der Waals surface area contributed by atoms with Gasteiger partial charge in [0.05, 0.1) is 6.54 Å². The first-order valence-electron chi connectivity index (χ1n) is 6.46. The van der Waals surface area contributed by atoms with Gasteiger partial charge in [0, 0.05) is 29.7 Å². The molecule has 0 radical (unpaired) electrons. The summed E-state index contributed by atoms with van der Waals surface area (Å²) in [6.07, 6.45) is 6.60. The first kappa shape index (κ1) is 14.6. The van der Waals surface area contributed by atoms with Gasteiger partial charge in [0.15, 0.2) is 5.13 Å². The second-order valence-corrected chi connectivity index (χ2v) is 6.24. The van der Waals surface area contributed by atoms with Gasteiger partial charge in [0.25, 0.3) is 0 Å². The number of fused-ring (bicyclic) bond motifs is 1. The maximum Gasteiger partial charge on any atom is 0.234 e. The number of hydrogen-bond donors (Lipinski definition) is 2. The van der Waals surface area contributed by atoms with Gasteiger partial charge in [-0.15, -0.1) is 23.7 Å². The van der Waals surface area contributed by atoms with E-state index in [1.165, 1.54) is 30.6 Å². The monoisotopic (exact) mass is 302 g/mol. The third kappa shape index (κ3) is 3.19. The number of nitrogens with two attached hydrogens (primary N) is 1. The van der Waals surface area contributed by atoms with E-state index in [4.69, 9.17) is 5.73 Å². The van der Waals surface area contributed by atoms with Crippen molar-refractivity contribution in [2.45, 2.75) is 44.3 Å². The van der Waals surface area contributed by atoms with Gasteiger partial charge < -0.3 is 11.1 Å². The highest BCUT2D eigenvalue weighted by molar-refractivity contribution is 7.15. The molecule has 1 saturated heterocycles. The van der Waals surface area contributed by atoms with Crippen LogP contribution in [-0.4, -0.2) is 34.4 Å². The van der Waals surface area contributed by atoms with E-state index in [-0.39, 0.29) is 18.3 Å². The summed E-state index contributed by atoms with van der Waals surface area (Å²) in [7, 11) is 0. The highest BCUT2D eigenvalue weighted by atomic mass is 35.5. The minimum atomic E-state index is 0. The lowest BCUT2D eigenvalue weighted by Gasteiger charge is -2.43. The number of nitrogen functional groups attached to an aromatic ring is 1. The molecule has 2 fully saturated rings. The summed E-state index contributed by atoms with van der Waals surface area (Å²) in [6, 6.07) is 0.824. The minimum absolute atomic E-state index is 0. The molecule has 0 aromatic carbocycles. The van der Waals surface area contributed by atoms with Crippen LogP contribution in [0.2, 0.25) is 0 Å². The van der Waals surface area contributed by atoms with Crippen molar-refractivity contribution in [2.75, 3.05) is 12.3 Å². The minimum Gasteiger partial charge on any atom is -0.375 e. The van der Waals surface area contributed by atoms with E-state index in [0.29, 0.717) is 23.8 Å². The average Bonchev–Trinajstić information content (AvgIpc) is 2.74. The maximum absolute atomic E-state index is 11.7. The molecule has 1 amide bonds. The van der Waals surface area contributed by atoms with E-state index in [1.54, 1.807) is 0 Å². The number of carbonyl (C=O) groups is 1.